The van der Waals surface area contributed by atoms with E-state index in [2.05, 4.69) is 6.92 Å². The quantitative estimate of drug-likeness (QED) is 0.642. The van der Waals surface area contributed by atoms with E-state index in [1.165, 1.54) is 0 Å². The topological polar surface area (TPSA) is 43.1 Å². The summed E-state index contributed by atoms with van der Waals surface area (Å²) in [6.07, 6.45) is 0.941. The maximum Gasteiger partial charge on any atom is 0.0594 e. The van der Waals surface area contributed by atoms with E-state index in [9.17, 15) is 4.21 Å². The third-order valence-corrected chi connectivity index (χ3v) is 4.94. The summed E-state index contributed by atoms with van der Waals surface area (Å²) in [6.45, 7) is 2.12. The van der Waals surface area contributed by atoms with Crippen molar-refractivity contribution in [3.63, 3.8) is 0 Å². The molecule has 90 valence electrons. The molecule has 1 unspecified atom stereocenters. The molecule has 5 heteroatoms. The number of nitrogen functional groups attached to an aromatic ring is 1. The molecule has 0 saturated carbocycles. The van der Waals surface area contributed by atoms with Gasteiger partial charge in [-0.2, -0.15) is 11.8 Å². The maximum atomic E-state index is 11.9. The van der Waals surface area contributed by atoms with Crippen molar-refractivity contribution >= 4 is 39.8 Å². The molecule has 2 N–H and O–H groups in total. The van der Waals surface area contributed by atoms with Gasteiger partial charge in [0.1, 0.15) is 0 Å². The minimum atomic E-state index is -1.03. The molecule has 1 atom stereocenters. The predicted molar refractivity (Wildman–Crippen MR) is 74.8 cm³/mol. The third kappa shape index (κ3) is 4.36. The summed E-state index contributed by atoms with van der Waals surface area (Å²) in [7, 11) is -1.03. The van der Waals surface area contributed by atoms with Gasteiger partial charge in [0.05, 0.1) is 20.7 Å². The third-order valence-electron chi connectivity index (χ3n) is 2.02. The van der Waals surface area contributed by atoms with Crippen molar-refractivity contribution in [2.75, 3.05) is 23.0 Å². The average molecular weight is 278 g/mol. The molecule has 0 aliphatic carbocycles. The van der Waals surface area contributed by atoms with E-state index in [1.54, 1.807) is 18.2 Å². The highest BCUT2D eigenvalue weighted by Gasteiger charge is 2.08. The van der Waals surface area contributed by atoms with Crippen LogP contribution in [-0.4, -0.2) is 21.5 Å². The van der Waals surface area contributed by atoms with E-state index < -0.39 is 10.8 Å². The van der Waals surface area contributed by atoms with Gasteiger partial charge < -0.3 is 5.73 Å². The van der Waals surface area contributed by atoms with Gasteiger partial charge in [-0.1, -0.05) is 18.5 Å². The Bertz CT molecular complexity index is 371. The number of rotatable bonds is 6. The average Bonchev–Trinajstić information content (AvgIpc) is 2.27. The first kappa shape index (κ1) is 13.9. The van der Waals surface area contributed by atoms with Gasteiger partial charge in [0.15, 0.2) is 0 Å². The van der Waals surface area contributed by atoms with Crippen LogP contribution in [0.3, 0.4) is 0 Å². The second kappa shape index (κ2) is 7.20. The fourth-order valence-electron chi connectivity index (χ4n) is 1.24. The van der Waals surface area contributed by atoms with Gasteiger partial charge in [0.2, 0.25) is 0 Å². The molecule has 0 heterocycles. The lowest BCUT2D eigenvalue weighted by Crippen LogP contribution is -2.01. The van der Waals surface area contributed by atoms with Crippen molar-refractivity contribution in [1.82, 2.24) is 0 Å². The zero-order chi connectivity index (χ0) is 12.0. The molecular formula is C11H16ClNOS2. The predicted octanol–water partition coefficient (Wildman–Crippen LogP) is 3.17. The van der Waals surface area contributed by atoms with Gasteiger partial charge in [0, 0.05) is 11.4 Å². The Morgan fingerprint density at radius 1 is 1.50 bits per heavy atom. The van der Waals surface area contributed by atoms with Crippen LogP contribution in [0.5, 0.6) is 0 Å². The highest BCUT2D eigenvalue weighted by molar-refractivity contribution is 7.99. The number of anilines is 1. The Kier molecular flexibility index (Phi) is 6.24. The van der Waals surface area contributed by atoms with Crippen LogP contribution >= 0.6 is 23.4 Å². The monoisotopic (exact) mass is 277 g/mol. The van der Waals surface area contributed by atoms with E-state index in [1.807, 2.05) is 11.8 Å². The highest BCUT2D eigenvalue weighted by atomic mass is 35.5. The van der Waals surface area contributed by atoms with Crippen molar-refractivity contribution < 1.29 is 4.21 Å². The summed E-state index contributed by atoms with van der Waals surface area (Å²) in [4.78, 5) is 0.656. The lowest BCUT2D eigenvalue weighted by molar-refractivity contribution is 0.682. The Balaban J connectivity index is 2.55. The second-order valence-corrected chi connectivity index (χ2v) is 6.63. The number of halogens is 1. The van der Waals surface area contributed by atoms with Gasteiger partial charge in [-0.05, 0) is 36.1 Å². The Morgan fingerprint density at radius 2 is 2.25 bits per heavy atom. The largest absolute Gasteiger partial charge is 0.399 e. The molecule has 16 heavy (non-hydrogen) atoms. The van der Waals surface area contributed by atoms with Crippen LogP contribution < -0.4 is 5.73 Å². The number of benzene rings is 1. The lowest BCUT2D eigenvalue weighted by Gasteiger charge is -2.05. The lowest BCUT2D eigenvalue weighted by atomic mass is 10.3. The van der Waals surface area contributed by atoms with Gasteiger partial charge in [-0.25, -0.2) is 0 Å². The summed E-state index contributed by atoms with van der Waals surface area (Å²) in [5.41, 5.74) is 6.25. The number of nitrogens with two attached hydrogens (primary N) is 1. The van der Waals surface area contributed by atoms with Gasteiger partial charge in [-0.15, -0.1) is 0 Å². The number of thioether (sulfide) groups is 1. The van der Waals surface area contributed by atoms with E-state index in [0.29, 0.717) is 21.4 Å². The van der Waals surface area contributed by atoms with Gasteiger partial charge in [0.25, 0.3) is 0 Å². The van der Waals surface area contributed by atoms with Crippen molar-refractivity contribution in [2.24, 2.45) is 0 Å². The highest BCUT2D eigenvalue weighted by Crippen LogP contribution is 2.23. The summed E-state index contributed by atoms with van der Waals surface area (Å²) >= 11 is 7.84. The van der Waals surface area contributed by atoms with Crippen molar-refractivity contribution in [1.29, 1.82) is 0 Å². The van der Waals surface area contributed by atoms with Gasteiger partial charge >= 0.3 is 0 Å². The molecular weight excluding hydrogens is 262 g/mol. The SMILES string of the molecule is CCSCCCS(=O)c1cc(N)ccc1Cl. The molecule has 0 spiro atoms. The molecule has 1 aromatic carbocycles. The first-order valence-electron chi connectivity index (χ1n) is 5.16. The molecule has 0 fully saturated rings. The Morgan fingerprint density at radius 3 is 2.94 bits per heavy atom. The molecule has 1 aromatic rings. The molecule has 0 radical (unpaired) electrons. The van der Waals surface area contributed by atoms with Crippen LogP contribution in [0.1, 0.15) is 13.3 Å². The first-order chi connectivity index (χ1) is 7.65. The smallest absolute Gasteiger partial charge is 0.0594 e. The van der Waals surface area contributed by atoms with Crippen LogP contribution in [0.2, 0.25) is 5.02 Å². The number of hydrogen-bond donors (Lipinski definition) is 1. The Hall–Kier alpha value is -0.190. The molecule has 0 aliphatic heterocycles. The van der Waals surface area contributed by atoms with Crippen LogP contribution in [0.25, 0.3) is 0 Å². The summed E-state index contributed by atoms with van der Waals surface area (Å²) in [5.74, 6) is 2.80. The molecule has 0 aliphatic rings. The fraction of sp³-hybridized carbons (Fsp3) is 0.455. The summed E-state index contributed by atoms with van der Waals surface area (Å²) in [5, 5.41) is 0.538. The van der Waals surface area contributed by atoms with Crippen LogP contribution in [0.15, 0.2) is 23.1 Å². The van der Waals surface area contributed by atoms with E-state index in [4.69, 9.17) is 17.3 Å². The number of hydrogen-bond acceptors (Lipinski definition) is 3. The van der Waals surface area contributed by atoms with E-state index in [-0.39, 0.29) is 0 Å². The first-order valence-corrected chi connectivity index (χ1v) is 8.01. The summed E-state index contributed by atoms with van der Waals surface area (Å²) < 4.78 is 11.9. The zero-order valence-electron chi connectivity index (χ0n) is 9.24. The molecule has 0 saturated heterocycles. The van der Waals surface area contributed by atoms with Crippen LogP contribution in [-0.2, 0) is 10.8 Å². The van der Waals surface area contributed by atoms with Crippen LogP contribution in [0, 0.1) is 0 Å². The van der Waals surface area contributed by atoms with E-state index >= 15 is 0 Å². The molecule has 0 bridgehead atoms. The molecule has 0 amide bonds. The molecule has 2 nitrogen and oxygen atoms in total. The standard InChI is InChI=1S/C11H16ClNOS2/c1-2-15-6-3-7-16(14)11-8-9(13)4-5-10(11)12/h4-5,8H,2-3,6-7,13H2,1H3. The second-order valence-electron chi connectivity index (χ2n) is 3.29. The minimum Gasteiger partial charge on any atom is -0.399 e. The van der Waals surface area contributed by atoms with E-state index in [0.717, 1.165) is 17.9 Å². The molecule has 1 rings (SSSR count). The Labute approximate surface area is 108 Å². The van der Waals surface area contributed by atoms with Crippen molar-refractivity contribution in [2.45, 2.75) is 18.2 Å². The fourth-order valence-corrected chi connectivity index (χ4v) is 3.62. The van der Waals surface area contributed by atoms with Crippen molar-refractivity contribution in [3.05, 3.63) is 23.2 Å². The van der Waals surface area contributed by atoms with Crippen LogP contribution in [0.4, 0.5) is 5.69 Å². The zero-order valence-corrected chi connectivity index (χ0v) is 11.6. The molecule has 0 aromatic heterocycles. The normalized spacial score (nSPS) is 12.6. The maximum absolute atomic E-state index is 11.9. The van der Waals surface area contributed by atoms with Crippen molar-refractivity contribution in [3.8, 4) is 0 Å². The summed E-state index contributed by atoms with van der Waals surface area (Å²) in [6, 6.07) is 5.12. The minimum absolute atomic E-state index is 0.538. The van der Waals surface area contributed by atoms with Gasteiger partial charge in [-0.3, -0.25) is 4.21 Å².